The van der Waals surface area contributed by atoms with Gasteiger partial charge in [-0.2, -0.15) is 0 Å². The zero-order valence-corrected chi connectivity index (χ0v) is 27.7. The number of hydrogen-bond acceptors (Lipinski definition) is 1. The third kappa shape index (κ3) is 4.22. The summed E-state index contributed by atoms with van der Waals surface area (Å²) in [5.74, 6) is 0. The predicted octanol–water partition coefficient (Wildman–Crippen LogP) is 14.4. The highest BCUT2D eigenvalue weighted by Crippen LogP contribution is 2.47. The van der Waals surface area contributed by atoms with Gasteiger partial charge in [0.15, 0.2) is 0 Å². The first kappa shape index (κ1) is 28.2. The van der Waals surface area contributed by atoms with Gasteiger partial charge in [-0.1, -0.05) is 152 Å². The number of rotatable bonds is 3. The monoisotopic (exact) mass is 646 g/mol. The maximum absolute atomic E-state index is 6.51. The van der Waals surface area contributed by atoms with Crippen LogP contribution in [0.4, 0.5) is 0 Å². The van der Waals surface area contributed by atoms with E-state index in [4.69, 9.17) is 4.42 Å². The van der Waals surface area contributed by atoms with Gasteiger partial charge in [-0.25, -0.2) is 0 Å². The molecule has 0 atom stereocenters. The van der Waals surface area contributed by atoms with Gasteiger partial charge in [0.2, 0.25) is 0 Å². The van der Waals surface area contributed by atoms with Crippen LogP contribution < -0.4 is 0 Å². The van der Waals surface area contributed by atoms with Crippen molar-refractivity contribution < 1.29 is 4.42 Å². The van der Waals surface area contributed by atoms with Crippen LogP contribution >= 0.6 is 0 Å². The summed E-state index contributed by atoms with van der Waals surface area (Å²) in [6.07, 6.45) is 0. The zero-order valence-electron chi connectivity index (χ0n) is 27.7. The molecule has 0 saturated heterocycles. The summed E-state index contributed by atoms with van der Waals surface area (Å²) in [5.41, 5.74) is 9.27. The van der Waals surface area contributed by atoms with Crippen molar-refractivity contribution in [2.24, 2.45) is 0 Å². The van der Waals surface area contributed by atoms with E-state index >= 15 is 0 Å². The van der Waals surface area contributed by atoms with E-state index in [1.807, 2.05) is 0 Å². The van der Waals surface area contributed by atoms with Crippen molar-refractivity contribution in [3.8, 4) is 33.4 Å². The minimum atomic E-state index is 0.909. The Hall–Kier alpha value is -6.70. The molecule has 0 aliphatic heterocycles. The molecule has 0 N–H and O–H groups in total. The summed E-state index contributed by atoms with van der Waals surface area (Å²) in [7, 11) is 0. The van der Waals surface area contributed by atoms with E-state index in [2.05, 4.69) is 182 Å². The average molecular weight is 647 g/mol. The second kappa shape index (κ2) is 10.9. The quantitative estimate of drug-likeness (QED) is 0.174. The lowest BCUT2D eigenvalue weighted by Gasteiger charge is -2.20. The van der Waals surface area contributed by atoms with Gasteiger partial charge in [-0.05, 0) is 112 Å². The second-order valence-electron chi connectivity index (χ2n) is 13.6. The van der Waals surface area contributed by atoms with Crippen molar-refractivity contribution in [2.45, 2.75) is 0 Å². The standard InChI is InChI=1S/C50H30O/c1-4-16-36-31(12-1)15-11-23-39(36)49-42-21-9-7-19-40(42)48(41-20-8-10-22-43(41)49)35-28-33-14-3-5-17-37(33)45(30-35)34-25-27-47-46(29-34)44-26-24-32-13-2-6-18-38(32)50(44)51-47/h1-30H. The van der Waals surface area contributed by atoms with Gasteiger partial charge in [0.25, 0.3) is 0 Å². The van der Waals surface area contributed by atoms with E-state index in [-0.39, 0.29) is 0 Å². The Kier molecular flexibility index (Phi) is 6.02. The van der Waals surface area contributed by atoms with Crippen LogP contribution in [0.1, 0.15) is 0 Å². The first-order valence-electron chi connectivity index (χ1n) is 17.6. The van der Waals surface area contributed by atoms with Crippen LogP contribution in [-0.2, 0) is 0 Å². The molecule has 0 saturated carbocycles. The number of furan rings is 1. The Bertz CT molecular complexity index is 3130. The van der Waals surface area contributed by atoms with Gasteiger partial charge in [-0.3, -0.25) is 0 Å². The van der Waals surface area contributed by atoms with Crippen LogP contribution in [-0.4, -0.2) is 0 Å². The van der Waals surface area contributed by atoms with E-state index in [1.54, 1.807) is 0 Å². The Morgan fingerprint density at radius 2 is 0.824 bits per heavy atom. The number of benzene rings is 10. The molecular formula is C50H30O. The molecule has 0 amide bonds. The van der Waals surface area contributed by atoms with Crippen LogP contribution in [0.5, 0.6) is 0 Å². The topological polar surface area (TPSA) is 13.1 Å². The zero-order chi connectivity index (χ0) is 33.5. The molecule has 1 aromatic heterocycles. The lowest BCUT2D eigenvalue weighted by Crippen LogP contribution is -1.92. The molecule has 0 radical (unpaired) electrons. The fraction of sp³-hybridized carbons (Fsp3) is 0. The third-order valence-corrected chi connectivity index (χ3v) is 10.8. The van der Waals surface area contributed by atoms with Crippen LogP contribution in [0.2, 0.25) is 0 Å². The predicted molar refractivity (Wildman–Crippen MR) is 218 cm³/mol. The summed E-state index contributed by atoms with van der Waals surface area (Å²) in [4.78, 5) is 0. The molecule has 0 bridgehead atoms. The first-order valence-corrected chi connectivity index (χ1v) is 17.6. The van der Waals surface area contributed by atoms with E-state index in [0.29, 0.717) is 0 Å². The molecule has 51 heavy (non-hydrogen) atoms. The molecule has 236 valence electrons. The molecule has 0 unspecified atom stereocenters. The van der Waals surface area contributed by atoms with Gasteiger partial charge in [0.1, 0.15) is 11.2 Å². The van der Waals surface area contributed by atoms with E-state index < -0.39 is 0 Å². The number of hydrogen-bond donors (Lipinski definition) is 0. The minimum absolute atomic E-state index is 0.909. The highest BCUT2D eigenvalue weighted by molar-refractivity contribution is 6.24. The second-order valence-corrected chi connectivity index (χ2v) is 13.6. The SMILES string of the molecule is c1ccc2c(-c3ccc4oc5c6ccccc6ccc5c4c3)cc(-c3c4ccccc4c(-c4cccc5ccccc45)c4ccccc34)cc2c1. The maximum Gasteiger partial charge on any atom is 0.143 e. The third-order valence-electron chi connectivity index (χ3n) is 10.8. The summed E-state index contributed by atoms with van der Waals surface area (Å²) in [5, 5.41) is 14.6. The molecular weight excluding hydrogens is 617 g/mol. The van der Waals surface area contributed by atoms with E-state index in [9.17, 15) is 0 Å². The molecule has 1 heterocycles. The first-order chi connectivity index (χ1) is 25.3. The Balaban J connectivity index is 1.20. The lowest BCUT2D eigenvalue weighted by molar-refractivity contribution is 0.672. The van der Waals surface area contributed by atoms with Crippen molar-refractivity contribution >= 4 is 75.8 Å². The molecule has 11 rings (SSSR count). The van der Waals surface area contributed by atoms with Gasteiger partial charge in [0, 0.05) is 16.2 Å². The fourth-order valence-electron chi connectivity index (χ4n) is 8.54. The largest absolute Gasteiger partial charge is 0.455 e. The van der Waals surface area contributed by atoms with Gasteiger partial charge in [0.05, 0.1) is 0 Å². The summed E-state index contributed by atoms with van der Waals surface area (Å²) in [6.45, 7) is 0. The van der Waals surface area contributed by atoms with Crippen LogP contribution in [0, 0.1) is 0 Å². The highest BCUT2D eigenvalue weighted by atomic mass is 16.3. The Morgan fingerprint density at radius 1 is 0.275 bits per heavy atom. The lowest BCUT2D eigenvalue weighted by atomic mass is 9.83. The highest BCUT2D eigenvalue weighted by Gasteiger charge is 2.20. The van der Waals surface area contributed by atoms with Crippen molar-refractivity contribution in [3.05, 3.63) is 182 Å². The minimum Gasteiger partial charge on any atom is -0.455 e. The Morgan fingerprint density at radius 3 is 1.53 bits per heavy atom. The van der Waals surface area contributed by atoms with E-state index in [0.717, 1.165) is 27.3 Å². The van der Waals surface area contributed by atoms with Crippen LogP contribution in [0.3, 0.4) is 0 Å². The van der Waals surface area contributed by atoms with Crippen molar-refractivity contribution in [1.82, 2.24) is 0 Å². The van der Waals surface area contributed by atoms with Gasteiger partial charge < -0.3 is 4.42 Å². The number of fused-ring (bicyclic) bond motifs is 9. The normalized spacial score (nSPS) is 11.9. The summed E-state index contributed by atoms with van der Waals surface area (Å²) < 4.78 is 6.51. The van der Waals surface area contributed by atoms with Crippen molar-refractivity contribution in [1.29, 1.82) is 0 Å². The van der Waals surface area contributed by atoms with Crippen LogP contribution in [0.15, 0.2) is 186 Å². The summed E-state index contributed by atoms with van der Waals surface area (Å²) in [6, 6.07) is 66.4. The average Bonchev–Trinajstić information content (AvgIpc) is 3.58. The summed E-state index contributed by atoms with van der Waals surface area (Å²) >= 11 is 0. The van der Waals surface area contributed by atoms with Crippen LogP contribution in [0.25, 0.3) is 109 Å². The molecule has 10 aromatic carbocycles. The smallest absolute Gasteiger partial charge is 0.143 e. The molecule has 0 spiro atoms. The molecule has 0 aliphatic carbocycles. The maximum atomic E-state index is 6.51. The molecule has 11 aromatic rings. The molecule has 0 fully saturated rings. The molecule has 1 heteroatoms. The fourth-order valence-corrected chi connectivity index (χ4v) is 8.54. The molecule has 1 nitrogen and oxygen atoms in total. The van der Waals surface area contributed by atoms with Gasteiger partial charge in [-0.15, -0.1) is 0 Å². The van der Waals surface area contributed by atoms with Crippen molar-refractivity contribution in [2.75, 3.05) is 0 Å². The van der Waals surface area contributed by atoms with Gasteiger partial charge >= 0.3 is 0 Å². The van der Waals surface area contributed by atoms with Crippen molar-refractivity contribution in [3.63, 3.8) is 0 Å². The Labute approximate surface area is 294 Å². The molecule has 0 aliphatic rings. The van der Waals surface area contributed by atoms with E-state index in [1.165, 1.54) is 81.9 Å².